The van der Waals surface area contributed by atoms with Crippen molar-refractivity contribution in [1.29, 1.82) is 0 Å². The number of likely N-dealkylation sites (N-methyl/N-ethyl adjacent to an activating group) is 1. The molecule has 3 nitrogen and oxygen atoms in total. The minimum absolute atomic E-state index is 0.707. The third-order valence-corrected chi connectivity index (χ3v) is 2.85. The first kappa shape index (κ1) is 11.5. The Morgan fingerprint density at radius 1 is 1.43 bits per heavy atom. The van der Waals surface area contributed by atoms with E-state index in [-0.39, 0.29) is 0 Å². The van der Waals surface area contributed by atoms with Gasteiger partial charge in [-0.3, -0.25) is 0 Å². The largest absolute Gasteiger partial charge is 0.374 e. The Balaban J connectivity index is 2.30. The van der Waals surface area contributed by atoms with E-state index in [0.717, 1.165) is 19.6 Å². The van der Waals surface area contributed by atoms with Crippen LogP contribution in [0, 0.1) is 0 Å². The van der Waals surface area contributed by atoms with Gasteiger partial charge in [-0.25, -0.2) is 0 Å². The van der Waals surface area contributed by atoms with E-state index < -0.39 is 0 Å². The van der Waals surface area contributed by atoms with Gasteiger partial charge >= 0.3 is 0 Å². The molecule has 1 aliphatic rings. The molecule has 0 spiro atoms. The van der Waals surface area contributed by atoms with Gasteiger partial charge in [-0.15, -0.1) is 0 Å². The van der Waals surface area contributed by atoms with Gasteiger partial charge in [0.2, 0.25) is 0 Å². The molecule has 1 fully saturated rings. The van der Waals surface area contributed by atoms with Crippen molar-refractivity contribution in [1.82, 2.24) is 15.1 Å². The van der Waals surface area contributed by atoms with Crippen molar-refractivity contribution in [2.75, 3.05) is 40.8 Å². The highest BCUT2D eigenvalue weighted by Gasteiger charge is 2.18. The first-order valence-corrected chi connectivity index (χ1v) is 5.38. The number of hydrogen-bond acceptors (Lipinski definition) is 3. The Hall–Kier alpha value is -0.540. The van der Waals surface area contributed by atoms with Gasteiger partial charge in [0.15, 0.2) is 0 Å². The van der Waals surface area contributed by atoms with Crippen molar-refractivity contribution in [2.45, 2.75) is 18.9 Å². The maximum absolute atomic E-state index is 4.13. The summed E-state index contributed by atoms with van der Waals surface area (Å²) in [6.07, 6.45) is 2.48. The molecule has 0 atom stereocenters. The number of likely N-dealkylation sites (tertiary alicyclic amines) is 1. The lowest BCUT2D eigenvalue weighted by atomic mass is 10.0. The Labute approximate surface area is 87.8 Å². The molecule has 14 heavy (non-hydrogen) atoms. The Morgan fingerprint density at radius 2 is 2.00 bits per heavy atom. The molecule has 3 heteroatoms. The van der Waals surface area contributed by atoms with Crippen LogP contribution in [0.25, 0.3) is 0 Å². The van der Waals surface area contributed by atoms with Crippen LogP contribution in [0.5, 0.6) is 0 Å². The molecule has 1 rings (SSSR count). The van der Waals surface area contributed by atoms with Crippen LogP contribution in [0.1, 0.15) is 12.8 Å². The molecule has 0 aliphatic carbocycles. The van der Waals surface area contributed by atoms with Gasteiger partial charge in [-0.1, -0.05) is 6.58 Å². The molecule has 0 bridgehead atoms. The average Bonchev–Trinajstić information content (AvgIpc) is 2.17. The summed E-state index contributed by atoms with van der Waals surface area (Å²) in [7, 11) is 6.23. The molecule has 1 aliphatic heterocycles. The third-order valence-electron chi connectivity index (χ3n) is 2.85. The van der Waals surface area contributed by atoms with E-state index in [1.807, 2.05) is 0 Å². The van der Waals surface area contributed by atoms with Crippen molar-refractivity contribution < 1.29 is 0 Å². The maximum atomic E-state index is 4.13. The molecular formula is C11H23N3. The summed E-state index contributed by atoms with van der Waals surface area (Å²) in [6.45, 7) is 7.41. The number of hydrogen-bond donors (Lipinski definition) is 1. The average molecular weight is 197 g/mol. The highest BCUT2D eigenvalue weighted by molar-refractivity contribution is 4.98. The van der Waals surface area contributed by atoms with Crippen LogP contribution in [-0.4, -0.2) is 56.6 Å². The molecule has 0 aromatic carbocycles. The zero-order valence-electron chi connectivity index (χ0n) is 9.71. The van der Waals surface area contributed by atoms with E-state index >= 15 is 0 Å². The number of nitrogens with zero attached hydrogens (tertiary/aromatic N) is 2. The standard InChI is InChI=1S/C11H23N3/c1-10(9-13(3)4)14-7-5-11(12-2)6-8-14/h11-12H,1,5-9H2,2-4H3. The van der Waals surface area contributed by atoms with Crippen LogP contribution in [-0.2, 0) is 0 Å². The fourth-order valence-corrected chi connectivity index (χ4v) is 1.95. The summed E-state index contributed by atoms with van der Waals surface area (Å²) in [5, 5.41) is 3.34. The highest BCUT2D eigenvalue weighted by atomic mass is 15.2. The summed E-state index contributed by atoms with van der Waals surface area (Å²) < 4.78 is 0. The van der Waals surface area contributed by atoms with Crippen molar-refractivity contribution in [3.05, 3.63) is 12.3 Å². The van der Waals surface area contributed by atoms with Gasteiger partial charge in [0.25, 0.3) is 0 Å². The van der Waals surface area contributed by atoms with Crippen molar-refractivity contribution in [3.8, 4) is 0 Å². The van der Waals surface area contributed by atoms with Crippen molar-refractivity contribution in [2.24, 2.45) is 0 Å². The second-order valence-corrected chi connectivity index (χ2v) is 4.35. The summed E-state index contributed by atoms with van der Waals surface area (Å²) in [6, 6.07) is 0.707. The number of nitrogens with one attached hydrogen (secondary N) is 1. The molecular weight excluding hydrogens is 174 g/mol. The van der Waals surface area contributed by atoms with Crippen LogP contribution >= 0.6 is 0 Å². The fourth-order valence-electron chi connectivity index (χ4n) is 1.95. The van der Waals surface area contributed by atoms with E-state index in [1.54, 1.807) is 0 Å². The van der Waals surface area contributed by atoms with Crippen molar-refractivity contribution in [3.63, 3.8) is 0 Å². The molecule has 0 aromatic rings. The lowest BCUT2D eigenvalue weighted by molar-refractivity contribution is 0.231. The van der Waals surface area contributed by atoms with Gasteiger partial charge in [0.1, 0.15) is 0 Å². The molecule has 1 saturated heterocycles. The quantitative estimate of drug-likeness (QED) is 0.717. The monoisotopic (exact) mass is 197 g/mol. The fraction of sp³-hybridized carbons (Fsp3) is 0.818. The molecule has 0 unspecified atom stereocenters. The SMILES string of the molecule is C=C(CN(C)C)N1CCC(NC)CC1. The Bertz CT molecular complexity index is 181. The second-order valence-electron chi connectivity index (χ2n) is 4.35. The summed E-state index contributed by atoms with van der Waals surface area (Å²) in [5.74, 6) is 0. The molecule has 0 amide bonds. The summed E-state index contributed by atoms with van der Waals surface area (Å²) in [4.78, 5) is 4.58. The van der Waals surface area contributed by atoms with Gasteiger partial charge < -0.3 is 15.1 Å². The zero-order valence-corrected chi connectivity index (χ0v) is 9.71. The number of piperidine rings is 1. The van der Waals surface area contributed by atoms with Crippen LogP contribution in [0.2, 0.25) is 0 Å². The van der Waals surface area contributed by atoms with E-state index in [9.17, 15) is 0 Å². The van der Waals surface area contributed by atoms with Crippen LogP contribution in [0.3, 0.4) is 0 Å². The Morgan fingerprint density at radius 3 is 2.43 bits per heavy atom. The molecule has 1 N–H and O–H groups in total. The molecule has 0 saturated carbocycles. The summed E-state index contributed by atoms with van der Waals surface area (Å²) >= 11 is 0. The summed E-state index contributed by atoms with van der Waals surface area (Å²) in [5.41, 5.74) is 1.25. The molecule has 82 valence electrons. The van der Waals surface area contributed by atoms with E-state index in [1.165, 1.54) is 18.5 Å². The minimum Gasteiger partial charge on any atom is -0.374 e. The van der Waals surface area contributed by atoms with Gasteiger partial charge in [-0.2, -0.15) is 0 Å². The lowest BCUT2D eigenvalue weighted by Gasteiger charge is -2.35. The normalized spacial score (nSPS) is 19.0. The zero-order chi connectivity index (χ0) is 10.6. The van der Waals surface area contributed by atoms with Crippen LogP contribution < -0.4 is 5.32 Å². The Kier molecular flexibility index (Phi) is 4.42. The van der Waals surface area contributed by atoms with Crippen molar-refractivity contribution >= 4 is 0 Å². The van der Waals surface area contributed by atoms with E-state index in [2.05, 4.69) is 42.8 Å². The lowest BCUT2D eigenvalue weighted by Crippen LogP contribution is -2.42. The predicted molar refractivity (Wildman–Crippen MR) is 61.3 cm³/mol. The maximum Gasteiger partial charge on any atom is 0.0371 e. The van der Waals surface area contributed by atoms with Crippen LogP contribution in [0.15, 0.2) is 12.3 Å². The number of rotatable bonds is 4. The smallest absolute Gasteiger partial charge is 0.0371 e. The topological polar surface area (TPSA) is 18.5 Å². The first-order valence-electron chi connectivity index (χ1n) is 5.38. The molecule has 0 radical (unpaired) electrons. The van der Waals surface area contributed by atoms with Gasteiger partial charge in [-0.05, 0) is 34.0 Å². The first-order chi connectivity index (χ1) is 6.63. The van der Waals surface area contributed by atoms with E-state index in [0.29, 0.717) is 6.04 Å². The second kappa shape index (κ2) is 5.37. The highest BCUT2D eigenvalue weighted by Crippen LogP contribution is 2.14. The molecule has 0 aromatic heterocycles. The predicted octanol–water partition coefficient (Wildman–Crippen LogP) is 0.745. The van der Waals surface area contributed by atoms with Crippen LogP contribution in [0.4, 0.5) is 0 Å². The van der Waals surface area contributed by atoms with E-state index in [4.69, 9.17) is 0 Å². The molecule has 1 heterocycles. The third kappa shape index (κ3) is 3.31. The van der Waals surface area contributed by atoms with Gasteiger partial charge in [0, 0.05) is 31.4 Å². The minimum atomic E-state index is 0.707. The van der Waals surface area contributed by atoms with Gasteiger partial charge in [0.05, 0.1) is 0 Å².